The van der Waals surface area contributed by atoms with Crippen LogP contribution in [0.3, 0.4) is 0 Å². The summed E-state index contributed by atoms with van der Waals surface area (Å²) in [6.45, 7) is 0. The molecule has 35 heavy (non-hydrogen) atoms. The monoisotopic (exact) mass is 491 g/mol. The average Bonchev–Trinajstić information content (AvgIpc) is 3.34. The first-order valence-electron chi connectivity index (χ1n) is 10.9. The number of aromatic carboxylic acids is 1. The van der Waals surface area contributed by atoms with Crippen molar-refractivity contribution in [2.24, 2.45) is 5.92 Å². The van der Waals surface area contributed by atoms with E-state index in [1.165, 1.54) is 42.5 Å². The van der Waals surface area contributed by atoms with Crippen LogP contribution in [0.5, 0.6) is 0 Å². The highest BCUT2D eigenvalue weighted by atomic mass is 32.2. The number of nitro groups is 1. The number of carboxylic acids is 1. The molecule has 178 valence electrons. The van der Waals surface area contributed by atoms with Gasteiger partial charge in [0.05, 0.1) is 21.4 Å². The third-order valence-corrected chi connectivity index (χ3v) is 7.87. The van der Waals surface area contributed by atoms with E-state index in [0.29, 0.717) is 0 Å². The normalized spacial score (nSPS) is 20.4. The highest BCUT2D eigenvalue weighted by Gasteiger charge is 2.38. The fourth-order valence-corrected chi connectivity index (χ4v) is 5.86. The zero-order valence-electron chi connectivity index (χ0n) is 18.3. The van der Waals surface area contributed by atoms with Crippen LogP contribution in [-0.2, 0) is 10.0 Å². The summed E-state index contributed by atoms with van der Waals surface area (Å²) >= 11 is 0. The summed E-state index contributed by atoms with van der Waals surface area (Å²) in [6, 6.07) is 16.8. The van der Waals surface area contributed by atoms with Crippen LogP contribution >= 0.6 is 0 Å². The minimum atomic E-state index is -3.90. The Morgan fingerprint density at radius 2 is 1.77 bits per heavy atom. The van der Waals surface area contributed by atoms with Crippen molar-refractivity contribution >= 4 is 33.1 Å². The lowest BCUT2D eigenvalue weighted by Gasteiger charge is -2.37. The minimum absolute atomic E-state index is 0.00329. The summed E-state index contributed by atoms with van der Waals surface area (Å²) in [7, 11) is -3.90. The van der Waals surface area contributed by atoms with E-state index in [2.05, 4.69) is 22.2 Å². The van der Waals surface area contributed by atoms with Crippen molar-refractivity contribution in [3.63, 3.8) is 0 Å². The lowest BCUT2D eigenvalue weighted by atomic mass is 9.77. The number of carboxylic acid groups (broad SMARTS) is 1. The molecule has 1 heterocycles. The maximum atomic E-state index is 13.1. The molecule has 3 aromatic carbocycles. The maximum Gasteiger partial charge on any atom is 0.335 e. The number of non-ortho nitro benzene ring substituents is 1. The van der Waals surface area contributed by atoms with E-state index in [-0.39, 0.29) is 39.7 Å². The van der Waals surface area contributed by atoms with Crippen LogP contribution in [0.2, 0.25) is 0 Å². The molecule has 10 heteroatoms. The van der Waals surface area contributed by atoms with E-state index in [1.807, 2.05) is 0 Å². The first-order valence-corrected chi connectivity index (χ1v) is 12.4. The quantitative estimate of drug-likeness (QED) is 0.253. The molecule has 1 aliphatic carbocycles. The number of rotatable bonds is 6. The molecule has 3 atom stereocenters. The molecule has 0 radical (unpaired) electrons. The van der Waals surface area contributed by atoms with Gasteiger partial charge in [-0.1, -0.05) is 24.3 Å². The van der Waals surface area contributed by atoms with E-state index in [1.54, 1.807) is 24.3 Å². The van der Waals surface area contributed by atoms with Crippen LogP contribution in [0, 0.1) is 16.0 Å². The van der Waals surface area contributed by atoms with E-state index >= 15 is 0 Å². The predicted molar refractivity (Wildman–Crippen MR) is 130 cm³/mol. The van der Waals surface area contributed by atoms with Crippen LogP contribution in [0.15, 0.2) is 83.8 Å². The van der Waals surface area contributed by atoms with E-state index in [0.717, 1.165) is 23.2 Å². The summed E-state index contributed by atoms with van der Waals surface area (Å²) in [5, 5.41) is 23.5. The first kappa shape index (κ1) is 22.6. The van der Waals surface area contributed by atoms with Crippen LogP contribution < -0.4 is 10.0 Å². The van der Waals surface area contributed by atoms with Gasteiger partial charge in [0, 0.05) is 29.4 Å². The summed E-state index contributed by atoms with van der Waals surface area (Å²) in [4.78, 5) is 21.7. The van der Waals surface area contributed by atoms with Gasteiger partial charge < -0.3 is 10.4 Å². The van der Waals surface area contributed by atoms with Gasteiger partial charge in [-0.05, 0) is 65.9 Å². The van der Waals surface area contributed by atoms with Crippen molar-refractivity contribution in [3.8, 4) is 0 Å². The second-order valence-corrected chi connectivity index (χ2v) is 10.2. The second-order valence-electron chi connectivity index (χ2n) is 8.56. The molecule has 0 fully saturated rings. The lowest BCUT2D eigenvalue weighted by molar-refractivity contribution is -0.384. The molecule has 3 aromatic rings. The smallest absolute Gasteiger partial charge is 0.335 e. The second kappa shape index (κ2) is 8.55. The van der Waals surface area contributed by atoms with Crippen LogP contribution in [-0.4, -0.2) is 24.4 Å². The van der Waals surface area contributed by atoms with Gasteiger partial charge in [0.1, 0.15) is 0 Å². The SMILES string of the molecule is O=C(O)c1ccc(NS(=O)(=O)c2ccc3c(c2)[C@H]2C=CC[C@H]2[C@@H](c2ccc([N+](=O)[O-])cc2)N3)cc1. The fourth-order valence-electron chi connectivity index (χ4n) is 4.77. The molecule has 0 unspecified atom stereocenters. The Balaban J connectivity index is 1.43. The fraction of sp³-hybridized carbons (Fsp3) is 0.160. The van der Waals surface area contributed by atoms with Gasteiger partial charge in [0.15, 0.2) is 0 Å². The first-order chi connectivity index (χ1) is 16.7. The number of benzene rings is 3. The molecule has 0 bridgehead atoms. The average molecular weight is 492 g/mol. The molecule has 0 saturated carbocycles. The maximum absolute atomic E-state index is 13.1. The van der Waals surface area contributed by atoms with Crippen LogP contribution in [0.1, 0.15) is 39.9 Å². The number of allylic oxidation sites excluding steroid dienone is 2. The van der Waals surface area contributed by atoms with Crippen molar-refractivity contribution in [1.29, 1.82) is 0 Å². The molecule has 3 N–H and O–H groups in total. The Morgan fingerprint density at radius 3 is 2.43 bits per heavy atom. The summed E-state index contributed by atoms with van der Waals surface area (Å²) in [5.74, 6) is -0.956. The van der Waals surface area contributed by atoms with Crippen molar-refractivity contribution in [1.82, 2.24) is 0 Å². The van der Waals surface area contributed by atoms with Gasteiger partial charge in [0.2, 0.25) is 0 Å². The van der Waals surface area contributed by atoms with Crippen molar-refractivity contribution < 1.29 is 23.2 Å². The molecule has 0 spiro atoms. The summed E-state index contributed by atoms with van der Waals surface area (Å²) in [6.07, 6.45) is 4.95. The third-order valence-electron chi connectivity index (χ3n) is 6.49. The number of hydrogen-bond donors (Lipinski definition) is 3. The molecule has 2 aliphatic rings. The van der Waals surface area contributed by atoms with Gasteiger partial charge in [-0.3, -0.25) is 14.8 Å². The molecule has 5 rings (SSSR count). The number of sulfonamides is 1. The Labute approximate surface area is 201 Å². The predicted octanol–water partition coefficient (Wildman–Crippen LogP) is 4.92. The molecule has 9 nitrogen and oxygen atoms in total. The standard InChI is InChI=1S/C25H21N3O6S/c29-25(30)16-4-8-17(9-5-16)27-35(33,34)19-12-13-23-22(14-19)20-2-1-3-21(20)24(26-23)15-6-10-18(11-7-15)28(31)32/h1-2,4-14,20-21,24,26-27H,3H2,(H,29,30)/t20-,21+,24+/m0/s1. The van der Waals surface area contributed by atoms with Crippen molar-refractivity contribution in [2.75, 3.05) is 10.0 Å². The van der Waals surface area contributed by atoms with E-state index in [9.17, 15) is 23.3 Å². The number of nitrogens with one attached hydrogen (secondary N) is 2. The van der Waals surface area contributed by atoms with Gasteiger partial charge in [-0.25, -0.2) is 13.2 Å². The van der Waals surface area contributed by atoms with E-state index < -0.39 is 20.9 Å². The number of fused-ring (bicyclic) bond motifs is 3. The minimum Gasteiger partial charge on any atom is -0.478 e. The third kappa shape index (κ3) is 4.24. The van der Waals surface area contributed by atoms with Crippen LogP contribution in [0.4, 0.5) is 17.1 Å². The van der Waals surface area contributed by atoms with Gasteiger partial charge in [0.25, 0.3) is 15.7 Å². The molecule has 0 saturated heterocycles. The molecule has 1 aliphatic heterocycles. The largest absolute Gasteiger partial charge is 0.478 e. The van der Waals surface area contributed by atoms with Gasteiger partial charge in [-0.2, -0.15) is 0 Å². The zero-order chi connectivity index (χ0) is 24.7. The molecule has 0 aromatic heterocycles. The molecular weight excluding hydrogens is 470 g/mol. The Kier molecular flexibility index (Phi) is 5.52. The highest BCUT2D eigenvalue weighted by molar-refractivity contribution is 7.92. The van der Waals surface area contributed by atoms with Crippen molar-refractivity contribution in [2.45, 2.75) is 23.3 Å². The zero-order valence-corrected chi connectivity index (χ0v) is 19.1. The van der Waals surface area contributed by atoms with Crippen LogP contribution in [0.25, 0.3) is 0 Å². The topological polar surface area (TPSA) is 139 Å². The molecular formula is C25H21N3O6S. The van der Waals surface area contributed by atoms with Crippen molar-refractivity contribution in [3.05, 3.63) is 106 Å². The summed E-state index contributed by atoms with van der Waals surface area (Å²) < 4.78 is 28.6. The Bertz CT molecular complexity index is 1450. The van der Waals surface area contributed by atoms with Gasteiger partial charge >= 0.3 is 5.97 Å². The number of nitrogens with zero attached hydrogens (tertiary/aromatic N) is 1. The molecule has 0 amide bonds. The van der Waals surface area contributed by atoms with E-state index in [4.69, 9.17) is 5.11 Å². The number of carbonyl (C=O) groups is 1. The Hall–Kier alpha value is -4.18. The Morgan fingerprint density at radius 1 is 1.06 bits per heavy atom. The number of hydrogen-bond acceptors (Lipinski definition) is 6. The summed E-state index contributed by atoms with van der Waals surface area (Å²) in [5.41, 5.74) is 2.98. The number of nitro benzene ring substituents is 1. The van der Waals surface area contributed by atoms with Gasteiger partial charge in [-0.15, -0.1) is 0 Å². The lowest BCUT2D eigenvalue weighted by Crippen LogP contribution is -2.29. The highest BCUT2D eigenvalue weighted by Crippen LogP contribution is 2.50. The number of anilines is 2.